The Kier molecular flexibility index (Phi) is 4.61. The van der Waals surface area contributed by atoms with E-state index in [-0.39, 0.29) is 5.76 Å². The Labute approximate surface area is 147 Å². The highest BCUT2D eigenvalue weighted by atomic mass is 16.3. The third-order valence-electron chi connectivity index (χ3n) is 3.63. The minimum Gasteiger partial charge on any atom is -0.459 e. The Morgan fingerprint density at radius 2 is 1.96 bits per heavy atom. The van der Waals surface area contributed by atoms with Gasteiger partial charge in [-0.15, -0.1) is 0 Å². The summed E-state index contributed by atoms with van der Waals surface area (Å²) in [5.41, 5.74) is 3.42. The van der Waals surface area contributed by atoms with Gasteiger partial charge in [-0.2, -0.15) is 5.10 Å². The van der Waals surface area contributed by atoms with Crippen molar-refractivity contribution in [3.63, 3.8) is 0 Å². The first-order valence-corrected chi connectivity index (χ1v) is 7.60. The van der Waals surface area contributed by atoms with E-state index >= 15 is 0 Å². The fourth-order valence-corrected chi connectivity index (χ4v) is 2.29. The van der Waals surface area contributed by atoms with Gasteiger partial charge in [-0.1, -0.05) is 17.7 Å². The van der Waals surface area contributed by atoms with Crippen LogP contribution in [0.4, 0.5) is 10.5 Å². The van der Waals surface area contributed by atoms with Crippen molar-refractivity contribution in [3.8, 4) is 0 Å². The number of barbiturate groups is 1. The maximum Gasteiger partial charge on any atom is 0.335 e. The van der Waals surface area contributed by atoms with Crippen LogP contribution in [-0.4, -0.2) is 30.0 Å². The smallest absolute Gasteiger partial charge is 0.335 e. The summed E-state index contributed by atoms with van der Waals surface area (Å²) in [4.78, 5) is 49.1. The lowest BCUT2D eigenvalue weighted by Crippen LogP contribution is -2.58. The van der Waals surface area contributed by atoms with Crippen LogP contribution in [0.1, 0.15) is 16.1 Å². The molecule has 2 N–H and O–H groups in total. The van der Waals surface area contributed by atoms with Crippen molar-refractivity contribution in [1.29, 1.82) is 0 Å². The van der Waals surface area contributed by atoms with Crippen LogP contribution < -0.4 is 15.6 Å². The second-order valence-corrected chi connectivity index (χ2v) is 5.48. The lowest BCUT2D eigenvalue weighted by Gasteiger charge is -2.28. The number of benzene rings is 1. The number of hydrogen-bond acceptors (Lipinski definition) is 6. The number of carbonyl (C=O) groups is 4. The lowest BCUT2D eigenvalue weighted by atomic mass is 10.1. The van der Waals surface area contributed by atoms with E-state index in [9.17, 15) is 19.2 Å². The topological polar surface area (TPSA) is 121 Å². The molecular formula is C17H14N4O5. The van der Waals surface area contributed by atoms with Crippen LogP contribution in [0.15, 0.2) is 52.2 Å². The monoisotopic (exact) mass is 354 g/mol. The molecule has 0 saturated carbocycles. The van der Waals surface area contributed by atoms with Gasteiger partial charge in [-0.3, -0.25) is 19.7 Å². The van der Waals surface area contributed by atoms with Gasteiger partial charge < -0.3 is 4.42 Å². The summed E-state index contributed by atoms with van der Waals surface area (Å²) >= 11 is 0. The summed E-state index contributed by atoms with van der Waals surface area (Å²) in [7, 11) is 0. The first-order valence-electron chi connectivity index (χ1n) is 7.60. The van der Waals surface area contributed by atoms with Crippen LogP contribution in [0.3, 0.4) is 0 Å². The van der Waals surface area contributed by atoms with Gasteiger partial charge in [0.15, 0.2) is 11.7 Å². The molecule has 2 heterocycles. The highest BCUT2D eigenvalue weighted by molar-refractivity contribution is 6.32. The third-order valence-corrected chi connectivity index (χ3v) is 3.63. The molecule has 3 rings (SSSR count). The number of furan rings is 1. The highest BCUT2D eigenvalue weighted by Gasteiger charge is 2.40. The number of nitrogens with one attached hydrogen (secondary N) is 2. The third kappa shape index (κ3) is 3.36. The van der Waals surface area contributed by atoms with Gasteiger partial charge >= 0.3 is 11.9 Å². The second kappa shape index (κ2) is 7.01. The molecule has 0 bridgehead atoms. The molecule has 2 aromatic rings. The van der Waals surface area contributed by atoms with Crippen molar-refractivity contribution in [2.24, 2.45) is 11.0 Å². The summed E-state index contributed by atoms with van der Waals surface area (Å²) in [6, 6.07) is 8.78. The van der Waals surface area contributed by atoms with Gasteiger partial charge in [-0.05, 0) is 31.2 Å². The van der Waals surface area contributed by atoms with E-state index < -0.39 is 29.7 Å². The molecule has 0 radical (unpaired) electrons. The number of aryl methyl sites for hydroxylation is 1. The molecule has 1 saturated heterocycles. The molecular weight excluding hydrogens is 340 g/mol. The molecule has 132 valence electrons. The lowest BCUT2D eigenvalue weighted by molar-refractivity contribution is -0.131. The Morgan fingerprint density at radius 1 is 1.23 bits per heavy atom. The second-order valence-electron chi connectivity index (χ2n) is 5.48. The van der Waals surface area contributed by atoms with E-state index in [0.717, 1.165) is 16.7 Å². The Hall–Kier alpha value is -3.75. The quantitative estimate of drug-likeness (QED) is 0.485. The molecule has 1 aliphatic heterocycles. The van der Waals surface area contributed by atoms with Gasteiger partial charge in [0.05, 0.1) is 12.0 Å². The number of hydrogen-bond donors (Lipinski definition) is 2. The zero-order chi connectivity index (χ0) is 18.7. The molecule has 0 aliphatic carbocycles. The summed E-state index contributed by atoms with van der Waals surface area (Å²) in [6.07, 6.45) is 2.29. The predicted molar refractivity (Wildman–Crippen MR) is 90.4 cm³/mol. The highest BCUT2D eigenvalue weighted by Crippen LogP contribution is 2.20. The first-order chi connectivity index (χ1) is 12.5. The fourth-order valence-electron chi connectivity index (χ4n) is 2.29. The van der Waals surface area contributed by atoms with Crippen molar-refractivity contribution >= 4 is 35.7 Å². The Morgan fingerprint density at radius 3 is 2.62 bits per heavy atom. The minimum absolute atomic E-state index is 0.0260. The molecule has 1 atom stereocenters. The van der Waals surface area contributed by atoms with Crippen LogP contribution in [-0.2, 0) is 9.59 Å². The van der Waals surface area contributed by atoms with Gasteiger partial charge in [0, 0.05) is 6.21 Å². The average Bonchev–Trinajstić information content (AvgIpc) is 3.14. The number of hydrazone groups is 1. The van der Waals surface area contributed by atoms with Crippen molar-refractivity contribution in [3.05, 3.63) is 54.0 Å². The zero-order valence-corrected chi connectivity index (χ0v) is 13.6. The van der Waals surface area contributed by atoms with E-state index in [1.165, 1.54) is 18.4 Å². The molecule has 5 amide bonds. The van der Waals surface area contributed by atoms with E-state index in [4.69, 9.17) is 4.42 Å². The zero-order valence-electron chi connectivity index (χ0n) is 13.6. The van der Waals surface area contributed by atoms with Gasteiger partial charge in [-0.25, -0.2) is 15.1 Å². The summed E-state index contributed by atoms with van der Waals surface area (Å²) in [5, 5.41) is 5.71. The average molecular weight is 354 g/mol. The molecule has 1 aliphatic rings. The van der Waals surface area contributed by atoms with Crippen LogP contribution >= 0.6 is 0 Å². The number of amides is 5. The molecule has 1 aromatic heterocycles. The van der Waals surface area contributed by atoms with Crippen LogP contribution in [0.5, 0.6) is 0 Å². The van der Waals surface area contributed by atoms with Gasteiger partial charge in [0.25, 0.3) is 5.91 Å². The predicted octanol–water partition coefficient (Wildman–Crippen LogP) is 1.20. The van der Waals surface area contributed by atoms with Crippen molar-refractivity contribution in [2.45, 2.75) is 6.92 Å². The maximum atomic E-state index is 12.6. The number of urea groups is 1. The molecule has 1 fully saturated rings. The molecule has 9 nitrogen and oxygen atoms in total. The van der Waals surface area contributed by atoms with Gasteiger partial charge in [0.2, 0.25) is 5.91 Å². The van der Waals surface area contributed by atoms with Crippen LogP contribution in [0.2, 0.25) is 0 Å². The van der Waals surface area contributed by atoms with Crippen LogP contribution in [0.25, 0.3) is 0 Å². The van der Waals surface area contributed by atoms with E-state index in [2.05, 4.69) is 15.8 Å². The largest absolute Gasteiger partial charge is 0.459 e. The number of imide groups is 2. The Balaban J connectivity index is 1.76. The normalized spacial score (nSPS) is 17.5. The molecule has 1 aromatic carbocycles. The number of carbonyl (C=O) groups excluding carboxylic acids is 4. The Bertz CT molecular complexity index is 886. The summed E-state index contributed by atoms with van der Waals surface area (Å²) in [5.74, 6) is -3.55. The van der Waals surface area contributed by atoms with Crippen molar-refractivity contribution < 1.29 is 23.6 Å². The molecule has 26 heavy (non-hydrogen) atoms. The fraction of sp³-hybridized carbons (Fsp3) is 0.118. The van der Waals surface area contributed by atoms with Crippen molar-refractivity contribution in [1.82, 2.24) is 10.7 Å². The molecule has 0 spiro atoms. The van der Waals surface area contributed by atoms with E-state index in [1.54, 1.807) is 24.3 Å². The number of nitrogens with zero attached hydrogens (tertiary/aromatic N) is 2. The number of anilines is 1. The summed E-state index contributed by atoms with van der Waals surface area (Å²) in [6.45, 7) is 1.86. The van der Waals surface area contributed by atoms with Gasteiger partial charge in [0.1, 0.15) is 0 Å². The standard InChI is InChI=1S/C17H14N4O5/c1-10-4-6-11(7-5-10)21-16(24)12(14(22)19-17(21)25)9-18-20-15(23)13-3-2-8-26-13/h2-9,12H,1H3,(H,20,23)(H,19,22,25)/b18-9-/t12-/m0/s1. The molecule has 0 unspecified atom stereocenters. The summed E-state index contributed by atoms with van der Waals surface area (Å²) < 4.78 is 4.89. The van der Waals surface area contributed by atoms with Crippen molar-refractivity contribution in [2.75, 3.05) is 4.90 Å². The van der Waals surface area contributed by atoms with Crippen LogP contribution in [0, 0.1) is 12.8 Å². The maximum absolute atomic E-state index is 12.6. The SMILES string of the molecule is Cc1ccc(N2C(=O)NC(=O)[C@H](/C=N\NC(=O)c3ccco3)C2=O)cc1. The van der Waals surface area contributed by atoms with E-state index in [1.807, 2.05) is 6.92 Å². The van der Waals surface area contributed by atoms with E-state index in [0.29, 0.717) is 5.69 Å². The molecule has 9 heteroatoms. The first kappa shape index (κ1) is 17.1. The minimum atomic E-state index is -1.36. The number of rotatable bonds is 4.